The fraction of sp³-hybridized carbons (Fsp3) is 0.333. The van der Waals surface area contributed by atoms with Crippen molar-refractivity contribution in [2.75, 3.05) is 37.2 Å². The van der Waals surface area contributed by atoms with Gasteiger partial charge in [0.05, 0.1) is 18.0 Å². The van der Waals surface area contributed by atoms with E-state index < -0.39 is 10.0 Å². The number of ether oxygens (including phenoxy) is 2. The molecule has 0 amide bonds. The first-order chi connectivity index (χ1) is 17.0. The molecule has 1 aromatic heterocycles. The number of anilines is 1. The van der Waals surface area contributed by atoms with E-state index in [4.69, 9.17) is 9.47 Å². The van der Waals surface area contributed by atoms with E-state index in [1.54, 1.807) is 29.5 Å². The van der Waals surface area contributed by atoms with Crippen LogP contribution in [0, 0.1) is 0 Å². The van der Waals surface area contributed by atoms with Gasteiger partial charge in [-0.15, -0.1) is 11.3 Å². The summed E-state index contributed by atoms with van der Waals surface area (Å²) in [6.07, 6.45) is 7.44. The lowest BCUT2D eigenvalue weighted by atomic mass is 10.0. The lowest BCUT2D eigenvalue weighted by Gasteiger charge is -2.33. The third-order valence-corrected chi connectivity index (χ3v) is 7.32. The smallest absolute Gasteiger partial charge is 0.229 e. The van der Waals surface area contributed by atoms with E-state index in [2.05, 4.69) is 57.5 Å². The van der Waals surface area contributed by atoms with E-state index in [9.17, 15) is 8.42 Å². The fourth-order valence-electron chi connectivity index (χ4n) is 4.10. The predicted molar refractivity (Wildman–Crippen MR) is 143 cm³/mol. The van der Waals surface area contributed by atoms with Crippen molar-refractivity contribution >= 4 is 27.0 Å². The lowest BCUT2D eigenvalue weighted by Crippen LogP contribution is -2.37. The molecule has 2 aromatic carbocycles. The number of thiophene rings is 1. The third-order valence-electron chi connectivity index (χ3n) is 5.81. The summed E-state index contributed by atoms with van der Waals surface area (Å²) in [5.74, 6) is 0.513. The van der Waals surface area contributed by atoms with Crippen LogP contribution in [0.15, 0.2) is 84.3 Å². The van der Waals surface area contributed by atoms with Crippen molar-refractivity contribution in [1.29, 1.82) is 0 Å². The van der Waals surface area contributed by atoms with Crippen molar-refractivity contribution in [3.05, 3.63) is 94.7 Å². The highest BCUT2D eigenvalue weighted by molar-refractivity contribution is 7.92. The standard InChI is InChI=1S/C27H32N2O4S2/c1-35(30,31)28-24-12-5-6-13-25(24)32-20-8-7-17-29-18-15-23(16-19-29)33-27(26-14-9-21-34-26)22-10-3-2-4-11-22/h2-14,21,23,27-28H,15-20H2,1H3/b8-7+. The summed E-state index contributed by atoms with van der Waals surface area (Å²) in [5, 5.41) is 2.11. The van der Waals surface area contributed by atoms with Crippen LogP contribution < -0.4 is 9.46 Å². The number of hydrogen-bond acceptors (Lipinski definition) is 6. The van der Waals surface area contributed by atoms with E-state index in [1.165, 1.54) is 10.4 Å². The van der Waals surface area contributed by atoms with Gasteiger partial charge in [-0.05, 0) is 42.0 Å². The molecule has 3 aromatic rings. The number of likely N-dealkylation sites (tertiary alicyclic amines) is 1. The van der Waals surface area contributed by atoms with Crippen LogP contribution in [-0.4, -0.2) is 51.9 Å². The number of hydrogen-bond donors (Lipinski definition) is 1. The third kappa shape index (κ3) is 7.93. The summed E-state index contributed by atoms with van der Waals surface area (Å²) in [6.45, 7) is 3.21. The van der Waals surface area contributed by atoms with Crippen LogP contribution in [0.4, 0.5) is 5.69 Å². The highest BCUT2D eigenvalue weighted by Gasteiger charge is 2.24. The Kier molecular flexibility index (Phi) is 8.98. The molecule has 1 atom stereocenters. The van der Waals surface area contributed by atoms with Crippen LogP contribution in [-0.2, 0) is 14.8 Å². The van der Waals surface area contributed by atoms with Gasteiger partial charge in [0.15, 0.2) is 0 Å². The Hall–Kier alpha value is -2.65. The van der Waals surface area contributed by atoms with E-state index in [0.29, 0.717) is 18.0 Å². The van der Waals surface area contributed by atoms with Crippen molar-refractivity contribution < 1.29 is 17.9 Å². The van der Waals surface area contributed by atoms with Gasteiger partial charge in [-0.3, -0.25) is 9.62 Å². The Morgan fingerprint density at radius 2 is 1.77 bits per heavy atom. The molecule has 8 heteroatoms. The van der Waals surface area contributed by atoms with Gasteiger partial charge < -0.3 is 9.47 Å². The number of nitrogens with zero attached hydrogens (tertiary/aromatic N) is 1. The van der Waals surface area contributed by atoms with Crippen LogP contribution in [0.25, 0.3) is 0 Å². The first kappa shape index (κ1) is 25.4. The number of rotatable bonds is 11. The highest BCUT2D eigenvalue weighted by Crippen LogP contribution is 2.32. The van der Waals surface area contributed by atoms with Crippen molar-refractivity contribution in [3.8, 4) is 5.75 Å². The second-order valence-corrected chi connectivity index (χ2v) is 11.3. The minimum Gasteiger partial charge on any atom is -0.487 e. The molecular weight excluding hydrogens is 480 g/mol. The van der Waals surface area contributed by atoms with Gasteiger partial charge in [0.2, 0.25) is 10.0 Å². The minimum atomic E-state index is -3.35. The van der Waals surface area contributed by atoms with Crippen LogP contribution in [0.5, 0.6) is 5.75 Å². The molecular formula is C27H32N2O4S2. The van der Waals surface area contributed by atoms with Crippen LogP contribution in [0.1, 0.15) is 29.4 Å². The maximum absolute atomic E-state index is 11.5. The number of sulfonamides is 1. The normalized spacial score (nSPS) is 16.4. The molecule has 1 fully saturated rings. The molecule has 1 aliphatic heterocycles. The monoisotopic (exact) mass is 512 g/mol. The molecule has 1 unspecified atom stereocenters. The molecule has 2 heterocycles. The molecule has 0 radical (unpaired) electrons. The average Bonchev–Trinajstić information content (AvgIpc) is 3.38. The Morgan fingerprint density at radius 3 is 2.49 bits per heavy atom. The van der Waals surface area contributed by atoms with Crippen LogP contribution in [0.3, 0.4) is 0 Å². The zero-order chi connectivity index (χ0) is 24.5. The van der Waals surface area contributed by atoms with Gasteiger partial charge in [0.25, 0.3) is 0 Å². The van der Waals surface area contributed by atoms with Gasteiger partial charge in [0, 0.05) is 24.5 Å². The first-order valence-corrected chi connectivity index (χ1v) is 14.6. The molecule has 1 aliphatic rings. The summed E-state index contributed by atoms with van der Waals surface area (Å²) in [6, 6.07) is 21.7. The van der Waals surface area contributed by atoms with E-state index in [0.717, 1.165) is 38.7 Å². The maximum Gasteiger partial charge on any atom is 0.229 e. The van der Waals surface area contributed by atoms with E-state index in [-0.39, 0.29) is 12.2 Å². The minimum absolute atomic E-state index is 0.00939. The van der Waals surface area contributed by atoms with Crippen molar-refractivity contribution in [3.63, 3.8) is 0 Å². The van der Waals surface area contributed by atoms with E-state index >= 15 is 0 Å². The molecule has 0 bridgehead atoms. The zero-order valence-electron chi connectivity index (χ0n) is 19.9. The van der Waals surface area contributed by atoms with Gasteiger partial charge in [-0.25, -0.2) is 8.42 Å². The molecule has 35 heavy (non-hydrogen) atoms. The summed E-state index contributed by atoms with van der Waals surface area (Å²) >= 11 is 1.74. The van der Waals surface area contributed by atoms with Gasteiger partial charge in [-0.2, -0.15) is 0 Å². The van der Waals surface area contributed by atoms with Crippen molar-refractivity contribution in [2.45, 2.75) is 25.0 Å². The van der Waals surface area contributed by atoms with Crippen LogP contribution >= 0.6 is 11.3 Å². The molecule has 0 saturated carbocycles. The summed E-state index contributed by atoms with van der Waals surface area (Å²) in [4.78, 5) is 3.66. The molecule has 6 nitrogen and oxygen atoms in total. The molecule has 0 aliphatic carbocycles. The highest BCUT2D eigenvalue weighted by atomic mass is 32.2. The van der Waals surface area contributed by atoms with Gasteiger partial charge in [-0.1, -0.05) is 60.7 Å². The first-order valence-electron chi connectivity index (χ1n) is 11.8. The zero-order valence-corrected chi connectivity index (χ0v) is 21.5. The summed E-state index contributed by atoms with van der Waals surface area (Å²) in [7, 11) is -3.35. The number of piperidine rings is 1. The topological polar surface area (TPSA) is 67.9 Å². The van der Waals surface area contributed by atoms with Gasteiger partial charge in [0.1, 0.15) is 18.5 Å². The summed E-state index contributed by atoms with van der Waals surface area (Å²) < 4.78 is 37.9. The predicted octanol–water partition coefficient (Wildman–Crippen LogP) is 5.33. The van der Waals surface area contributed by atoms with Gasteiger partial charge >= 0.3 is 0 Å². The number of nitrogens with one attached hydrogen (secondary N) is 1. The van der Waals surface area contributed by atoms with Crippen molar-refractivity contribution in [2.24, 2.45) is 0 Å². The number of benzene rings is 2. The molecule has 0 spiro atoms. The Labute approximate surface area is 212 Å². The average molecular weight is 513 g/mol. The Bertz CT molecular complexity index is 1170. The molecule has 1 N–H and O–H groups in total. The largest absolute Gasteiger partial charge is 0.487 e. The van der Waals surface area contributed by atoms with Crippen LogP contribution in [0.2, 0.25) is 0 Å². The quantitative estimate of drug-likeness (QED) is 0.352. The maximum atomic E-state index is 11.5. The SMILES string of the molecule is CS(=O)(=O)Nc1ccccc1OC/C=C/CN1CCC(OC(c2ccccc2)c2cccs2)CC1. The van der Waals surface area contributed by atoms with E-state index in [1.807, 2.05) is 18.2 Å². The summed E-state index contributed by atoms with van der Waals surface area (Å²) in [5.41, 5.74) is 1.65. The molecule has 4 rings (SSSR count). The second kappa shape index (κ2) is 12.4. The second-order valence-electron chi connectivity index (χ2n) is 8.59. The lowest BCUT2D eigenvalue weighted by molar-refractivity contribution is -0.0240. The molecule has 1 saturated heterocycles. The number of para-hydroxylation sites is 2. The molecule has 186 valence electrons. The van der Waals surface area contributed by atoms with Crippen molar-refractivity contribution in [1.82, 2.24) is 4.90 Å². The Balaban J connectivity index is 1.22. The fourth-order valence-corrected chi connectivity index (χ4v) is 5.46. The Morgan fingerprint density at radius 1 is 1.03 bits per heavy atom.